The second kappa shape index (κ2) is 9.95. The number of carboxylic acids is 1. The van der Waals surface area contributed by atoms with Gasteiger partial charge in [-0.05, 0) is 18.1 Å². The SMILES string of the molecule is CCC(C)C(NC(=O)c1ccn2c(NCC(=O)OC)c(-c3ccccc3)nc2c1)C(=O)O. The molecule has 0 aliphatic rings. The van der Waals surface area contributed by atoms with Gasteiger partial charge in [0.1, 0.15) is 29.7 Å². The number of amides is 1. The number of carbonyl (C=O) groups excluding carboxylic acids is 2. The number of aliphatic carboxylic acids is 1. The number of ether oxygens (including phenoxy) is 1. The number of pyridine rings is 1. The van der Waals surface area contributed by atoms with Crippen LogP contribution in [0, 0.1) is 5.92 Å². The van der Waals surface area contributed by atoms with Crippen LogP contribution in [0.3, 0.4) is 0 Å². The number of nitrogens with zero attached hydrogens (tertiary/aromatic N) is 2. The average Bonchev–Trinajstić information content (AvgIpc) is 3.18. The molecule has 1 amide bonds. The first-order chi connectivity index (χ1) is 15.3. The van der Waals surface area contributed by atoms with Gasteiger partial charge in [-0.2, -0.15) is 0 Å². The predicted molar refractivity (Wildman–Crippen MR) is 119 cm³/mol. The molecule has 9 heteroatoms. The number of carbonyl (C=O) groups is 3. The fraction of sp³-hybridized carbons (Fsp3) is 0.304. The van der Waals surface area contributed by atoms with E-state index in [-0.39, 0.29) is 18.0 Å². The maximum absolute atomic E-state index is 12.8. The molecule has 0 fully saturated rings. The highest BCUT2D eigenvalue weighted by atomic mass is 16.5. The van der Waals surface area contributed by atoms with Crippen molar-refractivity contribution in [1.82, 2.24) is 14.7 Å². The fourth-order valence-electron chi connectivity index (χ4n) is 3.29. The summed E-state index contributed by atoms with van der Waals surface area (Å²) in [5, 5.41) is 15.1. The lowest BCUT2D eigenvalue weighted by atomic mass is 9.99. The molecular formula is C23H26N4O5. The first-order valence-electron chi connectivity index (χ1n) is 10.3. The first-order valence-corrected chi connectivity index (χ1v) is 10.3. The summed E-state index contributed by atoms with van der Waals surface area (Å²) in [6.45, 7) is 3.60. The van der Waals surface area contributed by atoms with E-state index < -0.39 is 23.9 Å². The molecule has 0 radical (unpaired) electrons. The molecule has 2 atom stereocenters. The van der Waals surface area contributed by atoms with Crippen molar-refractivity contribution >= 4 is 29.3 Å². The molecule has 3 aromatic rings. The number of aromatic nitrogens is 2. The van der Waals surface area contributed by atoms with Crippen molar-refractivity contribution in [3.63, 3.8) is 0 Å². The van der Waals surface area contributed by atoms with Crippen molar-refractivity contribution in [2.24, 2.45) is 5.92 Å². The van der Waals surface area contributed by atoms with E-state index in [1.54, 1.807) is 29.7 Å². The summed E-state index contributed by atoms with van der Waals surface area (Å²) in [4.78, 5) is 40.6. The molecule has 0 aliphatic heterocycles. The highest BCUT2D eigenvalue weighted by molar-refractivity contribution is 5.97. The highest BCUT2D eigenvalue weighted by Gasteiger charge is 2.26. The summed E-state index contributed by atoms with van der Waals surface area (Å²) >= 11 is 0. The number of rotatable bonds is 9. The molecule has 0 aliphatic carbocycles. The number of imidazole rings is 1. The number of esters is 1. The van der Waals surface area contributed by atoms with Crippen molar-refractivity contribution < 1.29 is 24.2 Å². The van der Waals surface area contributed by atoms with Crippen molar-refractivity contribution in [3.8, 4) is 11.3 Å². The standard InChI is InChI=1S/C23H26N4O5/c1-4-14(2)19(23(30)31)26-22(29)16-10-11-27-17(12-16)25-20(15-8-6-5-7-9-15)21(27)24-13-18(28)32-3/h5-12,14,19,24H,4,13H2,1-3H3,(H,26,29)(H,30,31). The molecule has 0 bridgehead atoms. The van der Waals surface area contributed by atoms with Crippen molar-refractivity contribution in [1.29, 1.82) is 0 Å². The first kappa shape index (κ1) is 22.8. The molecule has 0 saturated heterocycles. The third-order valence-corrected chi connectivity index (χ3v) is 5.33. The van der Waals surface area contributed by atoms with Crippen LogP contribution in [0.1, 0.15) is 30.6 Å². The molecule has 168 valence electrons. The zero-order valence-corrected chi connectivity index (χ0v) is 18.2. The Labute approximate surface area is 185 Å². The Morgan fingerprint density at radius 2 is 1.91 bits per heavy atom. The molecule has 2 heterocycles. The minimum atomic E-state index is -1.07. The number of hydrogen-bond donors (Lipinski definition) is 3. The maximum atomic E-state index is 12.8. The molecule has 9 nitrogen and oxygen atoms in total. The van der Waals surface area contributed by atoms with Gasteiger partial charge in [-0.3, -0.25) is 14.0 Å². The lowest BCUT2D eigenvalue weighted by Crippen LogP contribution is -2.45. The maximum Gasteiger partial charge on any atom is 0.326 e. The van der Waals surface area contributed by atoms with E-state index in [1.807, 2.05) is 37.3 Å². The van der Waals surface area contributed by atoms with E-state index in [1.165, 1.54) is 7.11 Å². The number of carboxylic acid groups (broad SMARTS) is 1. The number of hydrogen-bond acceptors (Lipinski definition) is 6. The Bertz CT molecular complexity index is 1130. The quantitative estimate of drug-likeness (QED) is 0.439. The molecule has 0 saturated carbocycles. The predicted octanol–water partition coefficient (Wildman–Crippen LogP) is 2.82. The monoisotopic (exact) mass is 438 g/mol. The second-order valence-corrected chi connectivity index (χ2v) is 7.42. The summed E-state index contributed by atoms with van der Waals surface area (Å²) in [7, 11) is 1.31. The van der Waals surface area contributed by atoms with Gasteiger partial charge < -0.3 is 20.5 Å². The van der Waals surface area contributed by atoms with Gasteiger partial charge in [0.15, 0.2) is 0 Å². The summed E-state index contributed by atoms with van der Waals surface area (Å²) in [5.41, 5.74) is 2.20. The summed E-state index contributed by atoms with van der Waals surface area (Å²) < 4.78 is 6.44. The minimum absolute atomic E-state index is 0.0540. The van der Waals surface area contributed by atoms with Crippen LogP contribution in [0.5, 0.6) is 0 Å². The van der Waals surface area contributed by atoms with Crippen molar-refractivity contribution in [2.45, 2.75) is 26.3 Å². The van der Waals surface area contributed by atoms with Crippen LogP contribution in [0.15, 0.2) is 48.7 Å². The third kappa shape index (κ3) is 4.88. The Morgan fingerprint density at radius 3 is 2.53 bits per heavy atom. The van der Waals surface area contributed by atoms with Crippen LogP contribution in [-0.4, -0.2) is 52.0 Å². The van der Waals surface area contributed by atoms with Crippen LogP contribution in [-0.2, 0) is 14.3 Å². The summed E-state index contributed by atoms with van der Waals surface area (Å²) in [5.74, 6) is -1.64. The second-order valence-electron chi connectivity index (χ2n) is 7.42. The Balaban J connectivity index is 1.98. The van der Waals surface area contributed by atoms with E-state index in [4.69, 9.17) is 4.74 Å². The molecule has 3 rings (SSSR count). The molecule has 2 aromatic heterocycles. The molecule has 32 heavy (non-hydrogen) atoms. The Morgan fingerprint density at radius 1 is 1.19 bits per heavy atom. The smallest absolute Gasteiger partial charge is 0.326 e. The van der Waals surface area contributed by atoms with Crippen LogP contribution >= 0.6 is 0 Å². The normalized spacial score (nSPS) is 12.7. The number of methoxy groups -OCH3 is 1. The van der Waals surface area contributed by atoms with E-state index in [9.17, 15) is 19.5 Å². The Kier molecular flexibility index (Phi) is 7.09. The van der Waals surface area contributed by atoms with Gasteiger partial charge in [-0.1, -0.05) is 50.6 Å². The zero-order chi connectivity index (χ0) is 23.3. The molecule has 0 spiro atoms. The van der Waals surface area contributed by atoms with Gasteiger partial charge >= 0.3 is 11.9 Å². The largest absolute Gasteiger partial charge is 0.480 e. The fourth-order valence-corrected chi connectivity index (χ4v) is 3.29. The average molecular weight is 438 g/mol. The summed E-state index contributed by atoms with van der Waals surface area (Å²) in [6.07, 6.45) is 2.27. The van der Waals surface area contributed by atoms with Gasteiger partial charge in [0.25, 0.3) is 5.91 Å². The van der Waals surface area contributed by atoms with Gasteiger partial charge in [-0.25, -0.2) is 9.78 Å². The van der Waals surface area contributed by atoms with E-state index in [0.29, 0.717) is 23.6 Å². The van der Waals surface area contributed by atoms with Crippen LogP contribution in [0.25, 0.3) is 16.9 Å². The highest BCUT2D eigenvalue weighted by Crippen LogP contribution is 2.29. The Hall–Kier alpha value is -3.88. The third-order valence-electron chi connectivity index (χ3n) is 5.33. The summed E-state index contributed by atoms with van der Waals surface area (Å²) in [6, 6.07) is 11.6. The number of nitrogens with one attached hydrogen (secondary N) is 2. The van der Waals surface area contributed by atoms with E-state index in [0.717, 1.165) is 5.56 Å². The van der Waals surface area contributed by atoms with Crippen molar-refractivity contribution in [2.75, 3.05) is 19.0 Å². The van der Waals surface area contributed by atoms with Gasteiger partial charge in [0.2, 0.25) is 0 Å². The number of fused-ring (bicyclic) bond motifs is 1. The lowest BCUT2D eigenvalue weighted by Gasteiger charge is -2.20. The van der Waals surface area contributed by atoms with Gasteiger partial charge in [0, 0.05) is 17.3 Å². The van der Waals surface area contributed by atoms with Crippen molar-refractivity contribution in [3.05, 3.63) is 54.2 Å². The molecular weight excluding hydrogens is 412 g/mol. The van der Waals surface area contributed by atoms with Crippen LogP contribution < -0.4 is 10.6 Å². The minimum Gasteiger partial charge on any atom is -0.480 e. The lowest BCUT2D eigenvalue weighted by molar-refractivity contribution is -0.140. The molecule has 3 N–H and O–H groups in total. The zero-order valence-electron chi connectivity index (χ0n) is 18.2. The molecule has 2 unspecified atom stereocenters. The molecule has 1 aromatic carbocycles. The van der Waals surface area contributed by atoms with Crippen LogP contribution in [0.2, 0.25) is 0 Å². The van der Waals surface area contributed by atoms with E-state index >= 15 is 0 Å². The number of anilines is 1. The number of benzene rings is 1. The van der Waals surface area contributed by atoms with Gasteiger partial charge in [0.05, 0.1) is 7.11 Å². The van der Waals surface area contributed by atoms with Gasteiger partial charge in [-0.15, -0.1) is 0 Å². The van der Waals surface area contributed by atoms with Crippen LogP contribution in [0.4, 0.5) is 5.82 Å². The van der Waals surface area contributed by atoms with E-state index in [2.05, 4.69) is 15.6 Å². The topological polar surface area (TPSA) is 122 Å².